The van der Waals surface area contributed by atoms with E-state index < -0.39 is 0 Å². The lowest BCUT2D eigenvalue weighted by atomic mass is 9.90. The van der Waals surface area contributed by atoms with Crippen LogP contribution in [0.25, 0.3) is 11.0 Å². The first-order chi connectivity index (χ1) is 11.6. The molecule has 2 fully saturated rings. The highest BCUT2D eigenvalue weighted by atomic mass is 15.3. The van der Waals surface area contributed by atoms with Gasteiger partial charge in [-0.1, -0.05) is 0 Å². The van der Waals surface area contributed by atoms with E-state index in [0.717, 1.165) is 35.6 Å². The minimum atomic E-state index is 0.430. The number of aromatic nitrogens is 4. The zero-order chi connectivity index (χ0) is 16.7. The van der Waals surface area contributed by atoms with Crippen LogP contribution in [0.15, 0.2) is 6.33 Å². The number of aryl methyl sites for hydroxylation is 1. The number of rotatable bonds is 2. The molecule has 1 aliphatic heterocycles. The fraction of sp³-hybridized carbons (Fsp3) is 0.706. The van der Waals surface area contributed by atoms with Crippen molar-refractivity contribution in [3.8, 4) is 0 Å². The van der Waals surface area contributed by atoms with E-state index in [2.05, 4.69) is 31.5 Å². The van der Waals surface area contributed by atoms with Crippen LogP contribution >= 0.6 is 0 Å². The third-order valence-electron chi connectivity index (χ3n) is 5.76. The van der Waals surface area contributed by atoms with Crippen molar-refractivity contribution in [1.82, 2.24) is 29.5 Å². The van der Waals surface area contributed by atoms with Gasteiger partial charge >= 0.3 is 0 Å². The van der Waals surface area contributed by atoms with Crippen LogP contribution in [0.5, 0.6) is 0 Å². The quantitative estimate of drug-likeness (QED) is 0.899. The Kier molecular flexibility index (Phi) is 4.14. The number of fused-ring (bicyclic) bond motifs is 1. The molecule has 0 atom stereocenters. The first kappa shape index (κ1) is 15.8. The van der Waals surface area contributed by atoms with Crippen LogP contribution in [0.4, 0.5) is 5.82 Å². The first-order valence-electron chi connectivity index (χ1n) is 9.01. The summed E-state index contributed by atoms with van der Waals surface area (Å²) >= 11 is 0. The van der Waals surface area contributed by atoms with E-state index in [-0.39, 0.29) is 0 Å². The summed E-state index contributed by atoms with van der Waals surface area (Å²) < 4.78 is 2.10. The molecule has 1 aliphatic carbocycles. The normalized spacial score (nSPS) is 26.9. The summed E-state index contributed by atoms with van der Waals surface area (Å²) in [5.74, 6) is 0.537. The number of piperazine rings is 1. The maximum Gasteiger partial charge on any atom is 0.163 e. The maximum atomic E-state index is 6.02. The van der Waals surface area contributed by atoms with Gasteiger partial charge < -0.3 is 10.6 Å². The van der Waals surface area contributed by atoms with Gasteiger partial charge in [0.1, 0.15) is 12.1 Å². The molecule has 0 spiro atoms. The summed E-state index contributed by atoms with van der Waals surface area (Å²) in [6, 6.07) is 1.16. The second kappa shape index (κ2) is 6.29. The van der Waals surface area contributed by atoms with Crippen molar-refractivity contribution in [3.63, 3.8) is 0 Å². The molecule has 0 radical (unpaired) electrons. The van der Waals surface area contributed by atoms with Crippen molar-refractivity contribution >= 4 is 16.9 Å². The molecular weight excluding hydrogens is 302 g/mol. The van der Waals surface area contributed by atoms with Crippen LogP contribution in [-0.4, -0.2) is 68.8 Å². The van der Waals surface area contributed by atoms with Crippen molar-refractivity contribution in [2.24, 2.45) is 0 Å². The van der Waals surface area contributed by atoms with E-state index in [1.807, 2.05) is 6.92 Å². The minimum absolute atomic E-state index is 0.430. The molecule has 1 saturated heterocycles. The molecule has 130 valence electrons. The van der Waals surface area contributed by atoms with Crippen molar-refractivity contribution in [1.29, 1.82) is 0 Å². The van der Waals surface area contributed by atoms with Crippen LogP contribution in [-0.2, 0) is 0 Å². The lowest BCUT2D eigenvalue weighted by Crippen LogP contribution is -2.49. The van der Waals surface area contributed by atoms with Gasteiger partial charge in [-0.2, -0.15) is 5.10 Å². The van der Waals surface area contributed by atoms with Gasteiger partial charge in [0.15, 0.2) is 5.65 Å². The summed E-state index contributed by atoms with van der Waals surface area (Å²) in [7, 11) is 2.22. The molecule has 3 heterocycles. The fourth-order valence-electron chi connectivity index (χ4n) is 4.28. The summed E-state index contributed by atoms with van der Waals surface area (Å²) in [4.78, 5) is 13.7. The lowest BCUT2D eigenvalue weighted by molar-refractivity contribution is 0.0815. The molecule has 2 aliphatic rings. The smallest absolute Gasteiger partial charge is 0.163 e. The zero-order valence-corrected chi connectivity index (χ0v) is 14.6. The fourth-order valence-corrected chi connectivity index (χ4v) is 4.28. The van der Waals surface area contributed by atoms with Gasteiger partial charge in [-0.25, -0.2) is 14.6 Å². The Morgan fingerprint density at radius 1 is 1.00 bits per heavy atom. The number of nitrogens with two attached hydrogens (primary N) is 1. The standard InChI is InChI=1S/C17H27N7/c1-12-15-16(18)19-11-20-17(15)24(21-12)14-5-3-13(4-6-14)23-9-7-22(2)8-10-23/h11,13-14H,3-10H2,1-2H3,(H2,18,19,20). The molecule has 0 aromatic carbocycles. The molecular formula is C17H27N7. The zero-order valence-electron chi connectivity index (χ0n) is 14.6. The highest BCUT2D eigenvalue weighted by molar-refractivity contribution is 5.87. The molecule has 4 rings (SSSR count). The van der Waals surface area contributed by atoms with Crippen LogP contribution < -0.4 is 5.73 Å². The van der Waals surface area contributed by atoms with E-state index in [1.54, 1.807) is 6.33 Å². The summed E-state index contributed by atoms with van der Waals surface area (Å²) in [5.41, 5.74) is 7.84. The predicted molar refractivity (Wildman–Crippen MR) is 94.8 cm³/mol. The lowest BCUT2D eigenvalue weighted by Gasteiger charge is -2.41. The second-order valence-corrected chi connectivity index (χ2v) is 7.29. The Bertz CT molecular complexity index is 709. The van der Waals surface area contributed by atoms with E-state index in [1.165, 1.54) is 39.0 Å². The third-order valence-corrected chi connectivity index (χ3v) is 5.76. The van der Waals surface area contributed by atoms with Gasteiger partial charge in [-0.3, -0.25) is 4.90 Å². The van der Waals surface area contributed by atoms with Gasteiger partial charge in [0, 0.05) is 32.2 Å². The number of likely N-dealkylation sites (N-methyl/N-ethyl adjacent to an activating group) is 1. The van der Waals surface area contributed by atoms with Crippen LogP contribution in [0.1, 0.15) is 37.4 Å². The van der Waals surface area contributed by atoms with E-state index in [0.29, 0.717) is 11.9 Å². The van der Waals surface area contributed by atoms with Crippen molar-refractivity contribution in [2.75, 3.05) is 39.0 Å². The number of hydrogen-bond acceptors (Lipinski definition) is 6. The summed E-state index contributed by atoms with van der Waals surface area (Å²) in [6.07, 6.45) is 6.37. The van der Waals surface area contributed by atoms with Crippen molar-refractivity contribution in [2.45, 2.75) is 44.7 Å². The van der Waals surface area contributed by atoms with Crippen LogP contribution in [0.2, 0.25) is 0 Å². The number of anilines is 1. The molecule has 2 N–H and O–H groups in total. The van der Waals surface area contributed by atoms with Gasteiger partial charge in [0.25, 0.3) is 0 Å². The third kappa shape index (κ3) is 2.75. The molecule has 24 heavy (non-hydrogen) atoms. The molecule has 1 saturated carbocycles. The minimum Gasteiger partial charge on any atom is -0.383 e. The SMILES string of the molecule is Cc1nn(C2CCC(N3CCN(C)CC3)CC2)c2ncnc(N)c12. The van der Waals surface area contributed by atoms with Gasteiger partial charge in [-0.15, -0.1) is 0 Å². The average molecular weight is 329 g/mol. The van der Waals surface area contributed by atoms with Gasteiger partial charge in [-0.05, 0) is 39.7 Å². The highest BCUT2D eigenvalue weighted by Gasteiger charge is 2.30. The predicted octanol–water partition coefficient (Wildman–Crippen LogP) is 1.45. The topological polar surface area (TPSA) is 76.1 Å². The van der Waals surface area contributed by atoms with Crippen LogP contribution in [0, 0.1) is 6.92 Å². The molecule has 7 nitrogen and oxygen atoms in total. The maximum absolute atomic E-state index is 6.02. The van der Waals surface area contributed by atoms with E-state index in [9.17, 15) is 0 Å². The number of nitrogen functional groups attached to an aromatic ring is 1. The summed E-state index contributed by atoms with van der Waals surface area (Å²) in [6.45, 7) is 6.80. The van der Waals surface area contributed by atoms with Gasteiger partial charge in [0.2, 0.25) is 0 Å². The average Bonchev–Trinajstić information content (AvgIpc) is 2.94. The molecule has 2 aromatic rings. The Labute approximate surface area is 142 Å². The molecule has 0 unspecified atom stereocenters. The molecule has 0 amide bonds. The second-order valence-electron chi connectivity index (χ2n) is 7.29. The first-order valence-corrected chi connectivity index (χ1v) is 9.01. The van der Waals surface area contributed by atoms with E-state index >= 15 is 0 Å². The largest absolute Gasteiger partial charge is 0.383 e. The Hall–Kier alpha value is -1.73. The number of nitrogens with zero attached hydrogens (tertiary/aromatic N) is 6. The van der Waals surface area contributed by atoms with Crippen LogP contribution in [0.3, 0.4) is 0 Å². The monoisotopic (exact) mass is 329 g/mol. The van der Waals surface area contributed by atoms with Crippen molar-refractivity contribution in [3.05, 3.63) is 12.0 Å². The Balaban J connectivity index is 1.47. The van der Waals surface area contributed by atoms with Crippen molar-refractivity contribution < 1.29 is 0 Å². The molecule has 2 aromatic heterocycles. The Morgan fingerprint density at radius 2 is 1.67 bits per heavy atom. The van der Waals surface area contributed by atoms with E-state index in [4.69, 9.17) is 10.8 Å². The Morgan fingerprint density at radius 3 is 2.38 bits per heavy atom. The molecule has 0 bridgehead atoms. The van der Waals surface area contributed by atoms with Gasteiger partial charge in [0.05, 0.1) is 17.1 Å². The number of hydrogen-bond donors (Lipinski definition) is 1. The molecule has 7 heteroatoms. The summed E-state index contributed by atoms with van der Waals surface area (Å²) in [5, 5.41) is 5.65. The highest BCUT2D eigenvalue weighted by Crippen LogP contribution is 2.34.